The predicted octanol–water partition coefficient (Wildman–Crippen LogP) is 7.57. The van der Waals surface area contributed by atoms with Crippen LogP contribution < -0.4 is 0 Å². The van der Waals surface area contributed by atoms with Gasteiger partial charge in [0.05, 0.1) is 0 Å². The highest BCUT2D eigenvalue weighted by molar-refractivity contribution is 9.09. The van der Waals surface area contributed by atoms with Gasteiger partial charge in [0.1, 0.15) is 6.10 Å². The van der Waals surface area contributed by atoms with Gasteiger partial charge in [-0.05, 0) is 38.5 Å². The molecule has 0 fully saturated rings. The maximum atomic E-state index is 12.0. The third kappa shape index (κ3) is 16.8. The van der Waals surface area contributed by atoms with E-state index in [0.29, 0.717) is 6.42 Å². The summed E-state index contributed by atoms with van der Waals surface area (Å²) in [6.45, 7) is 4.49. The highest BCUT2D eigenvalue weighted by atomic mass is 79.9. The summed E-state index contributed by atoms with van der Waals surface area (Å²) >= 11 is 3.43. The summed E-state index contributed by atoms with van der Waals surface area (Å²) in [7, 11) is 0. The Morgan fingerprint density at radius 1 is 0.750 bits per heavy atom. The molecule has 0 aromatic heterocycles. The molecule has 2 nitrogen and oxygen atoms in total. The van der Waals surface area contributed by atoms with Crippen LogP contribution in [0.3, 0.4) is 0 Å². The number of hydrogen-bond acceptors (Lipinski definition) is 2. The molecule has 0 aromatic rings. The van der Waals surface area contributed by atoms with Crippen molar-refractivity contribution >= 4 is 21.9 Å². The van der Waals surface area contributed by atoms with E-state index in [2.05, 4.69) is 29.8 Å². The van der Waals surface area contributed by atoms with E-state index in [1.165, 1.54) is 64.2 Å². The summed E-state index contributed by atoms with van der Waals surface area (Å²) in [4.78, 5) is 12.0. The van der Waals surface area contributed by atoms with Crippen molar-refractivity contribution in [3.8, 4) is 0 Å². The summed E-state index contributed by atoms with van der Waals surface area (Å²) in [5.41, 5.74) is 0. The molecule has 0 aliphatic heterocycles. The minimum absolute atomic E-state index is 0.0241. The number of ether oxygens (including phenoxy) is 1. The molecular weight excluding hydrogens is 364 g/mol. The van der Waals surface area contributed by atoms with Crippen LogP contribution in [0, 0.1) is 0 Å². The zero-order valence-corrected chi connectivity index (χ0v) is 17.9. The Morgan fingerprint density at radius 2 is 1.25 bits per heavy atom. The van der Waals surface area contributed by atoms with Crippen LogP contribution in [0.25, 0.3) is 0 Å². The highest BCUT2D eigenvalue weighted by Gasteiger charge is 2.14. The molecule has 0 amide bonds. The Balaban J connectivity index is 3.95. The van der Waals surface area contributed by atoms with Crippen LogP contribution in [0.5, 0.6) is 0 Å². The first-order valence-electron chi connectivity index (χ1n) is 10.5. The first-order chi connectivity index (χ1) is 11.7. The lowest BCUT2D eigenvalue weighted by atomic mass is 10.0. The fourth-order valence-corrected chi connectivity index (χ4v) is 3.40. The smallest absolute Gasteiger partial charge is 0.306 e. The molecule has 24 heavy (non-hydrogen) atoms. The molecule has 0 N–H and O–H groups in total. The number of esters is 1. The van der Waals surface area contributed by atoms with Gasteiger partial charge in [-0.1, -0.05) is 87.6 Å². The molecule has 0 aliphatic carbocycles. The topological polar surface area (TPSA) is 26.3 Å². The van der Waals surface area contributed by atoms with E-state index in [0.717, 1.165) is 37.4 Å². The lowest BCUT2D eigenvalue weighted by molar-refractivity contribution is -0.150. The third-order valence-electron chi connectivity index (χ3n) is 4.57. The summed E-state index contributed by atoms with van der Waals surface area (Å²) < 4.78 is 5.79. The zero-order valence-electron chi connectivity index (χ0n) is 16.3. The number of alkyl halides is 1. The fraction of sp³-hybridized carbons (Fsp3) is 0.952. The average molecular weight is 405 g/mol. The fourth-order valence-electron chi connectivity index (χ4n) is 3.00. The summed E-state index contributed by atoms with van der Waals surface area (Å²) in [5, 5.41) is 1.03. The van der Waals surface area contributed by atoms with Gasteiger partial charge in [0.2, 0.25) is 0 Å². The van der Waals surface area contributed by atoms with Crippen LogP contribution in [0.15, 0.2) is 0 Å². The molecule has 0 aliphatic rings. The first-order valence-corrected chi connectivity index (χ1v) is 11.6. The van der Waals surface area contributed by atoms with Gasteiger partial charge in [0.15, 0.2) is 0 Å². The molecular formula is C21H41BrO2. The monoisotopic (exact) mass is 404 g/mol. The SMILES string of the molecule is CCCCCCCCC(CCCCCC)OC(=O)CCCCCBr. The van der Waals surface area contributed by atoms with Crippen molar-refractivity contribution in [2.45, 2.75) is 123 Å². The Morgan fingerprint density at radius 3 is 1.83 bits per heavy atom. The molecule has 1 atom stereocenters. The van der Waals surface area contributed by atoms with Crippen LogP contribution in [-0.4, -0.2) is 17.4 Å². The number of unbranched alkanes of at least 4 members (excludes halogenated alkanes) is 10. The van der Waals surface area contributed by atoms with Crippen molar-refractivity contribution in [1.29, 1.82) is 0 Å². The molecule has 0 saturated carbocycles. The number of rotatable bonds is 18. The maximum Gasteiger partial charge on any atom is 0.306 e. The quantitative estimate of drug-likeness (QED) is 0.133. The van der Waals surface area contributed by atoms with Crippen LogP contribution in [0.4, 0.5) is 0 Å². The average Bonchev–Trinajstić information content (AvgIpc) is 2.58. The molecule has 0 rings (SSSR count). The van der Waals surface area contributed by atoms with E-state index in [1.807, 2.05) is 0 Å². The van der Waals surface area contributed by atoms with Crippen molar-refractivity contribution < 1.29 is 9.53 Å². The van der Waals surface area contributed by atoms with Crippen LogP contribution in [0.1, 0.15) is 117 Å². The van der Waals surface area contributed by atoms with Crippen LogP contribution >= 0.6 is 15.9 Å². The minimum Gasteiger partial charge on any atom is -0.462 e. The largest absolute Gasteiger partial charge is 0.462 e. The Bertz CT molecular complexity index is 269. The molecule has 0 heterocycles. The summed E-state index contributed by atoms with van der Waals surface area (Å²) in [5.74, 6) is 0.0241. The van der Waals surface area contributed by atoms with Crippen molar-refractivity contribution in [2.24, 2.45) is 0 Å². The molecule has 3 heteroatoms. The van der Waals surface area contributed by atoms with Crippen LogP contribution in [-0.2, 0) is 9.53 Å². The molecule has 0 bridgehead atoms. The van der Waals surface area contributed by atoms with Crippen molar-refractivity contribution in [3.05, 3.63) is 0 Å². The highest BCUT2D eigenvalue weighted by Crippen LogP contribution is 2.17. The molecule has 144 valence electrons. The van der Waals surface area contributed by atoms with Crippen LogP contribution in [0.2, 0.25) is 0 Å². The second-order valence-electron chi connectivity index (χ2n) is 7.02. The number of halogens is 1. The molecule has 0 saturated heterocycles. The third-order valence-corrected chi connectivity index (χ3v) is 5.13. The Kier molecular flexibility index (Phi) is 19.2. The minimum atomic E-state index is 0.0241. The van der Waals surface area contributed by atoms with Gasteiger partial charge in [0.25, 0.3) is 0 Å². The lowest BCUT2D eigenvalue weighted by Crippen LogP contribution is -2.18. The molecule has 0 aromatic carbocycles. The van der Waals surface area contributed by atoms with Crippen molar-refractivity contribution in [3.63, 3.8) is 0 Å². The van der Waals surface area contributed by atoms with E-state index in [-0.39, 0.29) is 12.1 Å². The van der Waals surface area contributed by atoms with E-state index in [1.54, 1.807) is 0 Å². The summed E-state index contributed by atoms with van der Waals surface area (Å²) in [6.07, 6.45) is 18.9. The Hall–Kier alpha value is -0.0500. The molecule has 1 unspecified atom stereocenters. The van der Waals surface area contributed by atoms with Gasteiger partial charge in [-0.15, -0.1) is 0 Å². The van der Waals surface area contributed by atoms with Crippen molar-refractivity contribution in [1.82, 2.24) is 0 Å². The number of carbonyl (C=O) groups excluding carboxylic acids is 1. The zero-order chi connectivity index (χ0) is 17.9. The van der Waals surface area contributed by atoms with Gasteiger partial charge < -0.3 is 4.74 Å². The lowest BCUT2D eigenvalue weighted by Gasteiger charge is -2.18. The number of hydrogen-bond donors (Lipinski definition) is 0. The van der Waals surface area contributed by atoms with Crippen molar-refractivity contribution in [2.75, 3.05) is 5.33 Å². The van der Waals surface area contributed by atoms with E-state index >= 15 is 0 Å². The van der Waals surface area contributed by atoms with E-state index < -0.39 is 0 Å². The molecule has 0 radical (unpaired) electrons. The Labute approximate surface area is 159 Å². The van der Waals surface area contributed by atoms with E-state index in [9.17, 15) is 4.79 Å². The van der Waals surface area contributed by atoms with Gasteiger partial charge >= 0.3 is 5.97 Å². The van der Waals surface area contributed by atoms with Gasteiger partial charge in [-0.3, -0.25) is 4.79 Å². The second-order valence-corrected chi connectivity index (χ2v) is 7.81. The second kappa shape index (κ2) is 19.3. The predicted molar refractivity (Wildman–Crippen MR) is 109 cm³/mol. The first kappa shape index (κ1) is 23.9. The van der Waals surface area contributed by atoms with E-state index in [4.69, 9.17) is 4.74 Å². The summed E-state index contributed by atoms with van der Waals surface area (Å²) in [6, 6.07) is 0. The normalized spacial score (nSPS) is 12.3. The maximum absolute atomic E-state index is 12.0. The van der Waals surface area contributed by atoms with Gasteiger partial charge in [-0.25, -0.2) is 0 Å². The van der Waals surface area contributed by atoms with Gasteiger partial charge in [0, 0.05) is 11.8 Å². The van der Waals surface area contributed by atoms with Gasteiger partial charge in [-0.2, -0.15) is 0 Å². The number of carbonyl (C=O) groups is 1. The standard InChI is InChI=1S/C21H41BrO2/c1-3-5-7-9-10-13-17-20(16-12-8-6-4-2)24-21(23)18-14-11-15-19-22/h20H,3-19H2,1-2H3. The molecule has 0 spiro atoms.